The summed E-state index contributed by atoms with van der Waals surface area (Å²) in [5.41, 5.74) is 1.43. The van der Waals surface area contributed by atoms with Gasteiger partial charge in [-0.05, 0) is 29.8 Å². The smallest absolute Gasteiger partial charge is 0.251 e. The molecule has 2 N–H and O–H groups in total. The molecule has 2 amide bonds. The van der Waals surface area contributed by atoms with E-state index in [2.05, 4.69) is 24.5 Å². The molecule has 0 spiro atoms. The number of benzene rings is 2. The summed E-state index contributed by atoms with van der Waals surface area (Å²) in [5, 5.41) is 6.35. The molecule has 5 heteroatoms. The second-order valence-electron chi connectivity index (χ2n) is 6.54. The molecule has 0 atom stereocenters. The molecule has 0 aliphatic rings. The molecule has 132 valence electrons. The van der Waals surface area contributed by atoms with E-state index < -0.39 is 0 Å². The Morgan fingerprint density at radius 1 is 1.00 bits per heavy atom. The van der Waals surface area contributed by atoms with Gasteiger partial charge >= 0.3 is 0 Å². The van der Waals surface area contributed by atoms with Crippen molar-refractivity contribution in [3.8, 4) is 0 Å². The molecule has 2 aromatic rings. The predicted octanol–water partition coefficient (Wildman–Crippen LogP) is 3.55. The number of hydrogen-bond donors (Lipinski definition) is 2. The Kier molecular flexibility index (Phi) is 6.59. The minimum Gasteiger partial charge on any atom is -0.355 e. The highest BCUT2D eigenvalue weighted by Crippen LogP contribution is 2.24. The largest absolute Gasteiger partial charge is 0.355 e. The summed E-state index contributed by atoms with van der Waals surface area (Å²) in [4.78, 5) is 23.9. The molecule has 0 bridgehead atoms. The van der Waals surface area contributed by atoms with Crippen molar-refractivity contribution in [1.82, 2.24) is 10.6 Å². The molecule has 25 heavy (non-hydrogen) atoms. The molecule has 0 heterocycles. The Labute approximate surface area is 153 Å². The molecular formula is C20H23ClN2O2. The van der Waals surface area contributed by atoms with Gasteiger partial charge in [0.05, 0.1) is 0 Å². The van der Waals surface area contributed by atoms with Gasteiger partial charge in [0.25, 0.3) is 5.91 Å². The van der Waals surface area contributed by atoms with Gasteiger partial charge in [-0.1, -0.05) is 55.8 Å². The van der Waals surface area contributed by atoms with Crippen LogP contribution in [0.25, 0.3) is 0 Å². The Bertz CT molecular complexity index is 729. The molecule has 0 unspecified atom stereocenters. The van der Waals surface area contributed by atoms with E-state index in [1.807, 2.05) is 30.3 Å². The van der Waals surface area contributed by atoms with Crippen LogP contribution in [-0.2, 0) is 10.2 Å². The highest BCUT2D eigenvalue weighted by Gasteiger charge is 2.21. The first-order valence-corrected chi connectivity index (χ1v) is 8.62. The average molecular weight is 359 g/mol. The van der Waals surface area contributed by atoms with Gasteiger partial charge in [0.2, 0.25) is 5.91 Å². The van der Waals surface area contributed by atoms with Crippen LogP contribution in [0.15, 0.2) is 54.6 Å². The molecule has 0 saturated heterocycles. The highest BCUT2D eigenvalue weighted by molar-refractivity contribution is 6.30. The van der Waals surface area contributed by atoms with Crippen LogP contribution in [0.2, 0.25) is 5.02 Å². The van der Waals surface area contributed by atoms with Gasteiger partial charge in [-0.15, -0.1) is 0 Å². The first-order chi connectivity index (χ1) is 11.9. The molecule has 2 rings (SSSR count). The normalized spacial score (nSPS) is 11.0. The molecule has 0 fully saturated rings. The van der Waals surface area contributed by atoms with Crippen molar-refractivity contribution in [3.63, 3.8) is 0 Å². The zero-order valence-electron chi connectivity index (χ0n) is 14.5. The third-order valence-corrected chi connectivity index (χ3v) is 4.24. The number of hydrogen-bond acceptors (Lipinski definition) is 2. The van der Waals surface area contributed by atoms with Crippen molar-refractivity contribution in [3.05, 3.63) is 70.7 Å². The number of halogens is 1. The fraction of sp³-hybridized carbons (Fsp3) is 0.300. The van der Waals surface area contributed by atoms with Crippen LogP contribution in [0.1, 0.15) is 36.2 Å². The average Bonchev–Trinajstić information content (AvgIpc) is 2.61. The van der Waals surface area contributed by atoms with E-state index in [1.54, 1.807) is 24.3 Å². The maximum absolute atomic E-state index is 12.0. The van der Waals surface area contributed by atoms with Crippen molar-refractivity contribution in [2.75, 3.05) is 13.1 Å². The first-order valence-electron chi connectivity index (χ1n) is 8.24. The van der Waals surface area contributed by atoms with Crippen molar-refractivity contribution < 1.29 is 9.59 Å². The first kappa shape index (κ1) is 19.0. The zero-order chi connectivity index (χ0) is 18.3. The van der Waals surface area contributed by atoms with Crippen LogP contribution in [0.4, 0.5) is 0 Å². The lowest BCUT2D eigenvalue weighted by Crippen LogP contribution is -2.38. The Hall–Kier alpha value is -2.33. The maximum Gasteiger partial charge on any atom is 0.251 e. The van der Waals surface area contributed by atoms with E-state index >= 15 is 0 Å². The lowest BCUT2D eigenvalue weighted by molar-refractivity contribution is -0.121. The van der Waals surface area contributed by atoms with Gasteiger partial charge in [-0.2, -0.15) is 0 Å². The number of carbonyl (C=O) groups is 2. The number of carbonyl (C=O) groups excluding carboxylic acids is 2. The van der Waals surface area contributed by atoms with Crippen molar-refractivity contribution in [2.24, 2.45) is 0 Å². The number of rotatable bonds is 7. The minimum atomic E-state index is -0.228. The summed E-state index contributed by atoms with van der Waals surface area (Å²) in [7, 11) is 0. The fourth-order valence-electron chi connectivity index (χ4n) is 2.40. The van der Waals surface area contributed by atoms with Gasteiger partial charge < -0.3 is 10.6 Å². The van der Waals surface area contributed by atoms with E-state index in [4.69, 9.17) is 11.6 Å². The van der Waals surface area contributed by atoms with Crippen LogP contribution in [-0.4, -0.2) is 24.9 Å². The standard InChI is InChI=1S/C20H23ClN2O2/c1-20(2,16-9-6-10-17(21)13-16)14-23-18(24)11-12-22-19(25)15-7-4-3-5-8-15/h3-10,13H,11-12,14H2,1-2H3,(H,22,25)(H,23,24). The van der Waals surface area contributed by atoms with Gasteiger partial charge in [0.15, 0.2) is 0 Å². The third kappa shape index (κ3) is 5.91. The highest BCUT2D eigenvalue weighted by atomic mass is 35.5. The lowest BCUT2D eigenvalue weighted by Gasteiger charge is -2.26. The number of amides is 2. The van der Waals surface area contributed by atoms with E-state index in [-0.39, 0.29) is 23.7 Å². The van der Waals surface area contributed by atoms with E-state index in [0.29, 0.717) is 23.7 Å². The van der Waals surface area contributed by atoms with E-state index in [9.17, 15) is 9.59 Å². The van der Waals surface area contributed by atoms with E-state index in [0.717, 1.165) is 5.56 Å². The summed E-state index contributed by atoms with van der Waals surface area (Å²) in [5.74, 6) is -0.267. The monoisotopic (exact) mass is 358 g/mol. The summed E-state index contributed by atoms with van der Waals surface area (Å²) in [6.45, 7) is 4.90. The molecule has 4 nitrogen and oxygen atoms in total. The molecule has 0 radical (unpaired) electrons. The van der Waals surface area contributed by atoms with Crippen molar-refractivity contribution >= 4 is 23.4 Å². The summed E-state index contributed by atoms with van der Waals surface area (Å²) >= 11 is 6.03. The molecule has 0 aliphatic heterocycles. The summed E-state index contributed by atoms with van der Waals surface area (Å²) in [6, 6.07) is 16.6. The zero-order valence-corrected chi connectivity index (χ0v) is 15.3. The van der Waals surface area contributed by atoms with Gasteiger partial charge in [0.1, 0.15) is 0 Å². The predicted molar refractivity (Wildman–Crippen MR) is 101 cm³/mol. The lowest BCUT2D eigenvalue weighted by atomic mass is 9.84. The van der Waals surface area contributed by atoms with Crippen LogP contribution >= 0.6 is 11.6 Å². The van der Waals surface area contributed by atoms with Crippen molar-refractivity contribution in [1.29, 1.82) is 0 Å². The SMILES string of the molecule is CC(C)(CNC(=O)CCNC(=O)c1ccccc1)c1cccc(Cl)c1. The second kappa shape index (κ2) is 8.67. The fourth-order valence-corrected chi connectivity index (χ4v) is 2.59. The topological polar surface area (TPSA) is 58.2 Å². The second-order valence-corrected chi connectivity index (χ2v) is 6.98. The Balaban J connectivity index is 1.76. The quantitative estimate of drug-likeness (QED) is 0.795. The molecular weight excluding hydrogens is 336 g/mol. The Morgan fingerprint density at radius 2 is 1.72 bits per heavy atom. The molecule has 0 aromatic heterocycles. The molecule has 0 saturated carbocycles. The minimum absolute atomic E-state index is 0.0940. The van der Waals surface area contributed by atoms with Gasteiger partial charge in [0, 0.05) is 35.5 Å². The maximum atomic E-state index is 12.0. The van der Waals surface area contributed by atoms with Crippen LogP contribution in [0.5, 0.6) is 0 Å². The van der Waals surface area contributed by atoms with Gasteiger partial charge in [-0.3, -0.25) is 9.59 Å². The Morgan fingerprint density at radius 3 is 2.40 bits per heavy atom. The number of nitrogens with one attached hydrogen (secondary N) is 2. The molecule has 0 aliphatic carbocycles. The third-order valence-electron chi connectivity index (χ3n) is 4.01. The van der Waals surface area contributed by atoms with Crippen LogP contribution in [0.3, 0.4) is 0 Å². The van der Waals surface area contributed by atoms with Crippen molar-refractivity contribution in [2.45, 2.75) is 25.7 Å². The summed E-state index contributed by atoms with van der Waals surface area (Å²) < 4.78 is 0. The van der Waals surface area contributed by atoms with Crippen LogP contribution in [0, 0.1) is 0 Å². The van der Waals surface area contributed by atoms with E-state index in [1.165, 1.54) is 0 Å². The van der Waals surface area contributed by atoms with Crippen LogP contribution < -0.4 is 10.6 Å². The summed E-state index contributed by atoms with van der Waals surface area (Å²) in [6.07, 6.45) is 0.240. The molecule has 2 aromatic carbocycles. The van der Waals surface area contributed by atoms with Gasteiger partial charge in [-0.25, -0.2) is 0 Å².